The molecule has 1 fully saturated rings. The van der Waals surface area contributed by atoms with Crippen LogP contribution in [0.4, 0.5) is 18.9 Å². The molecule has 0 spiro atoms. The average molecular weight is 431 g/mol. The van der Waals surface area contributed by atoms with Crippen molar-refractivity contribution in [3.05, 3.63) is 35.9 Å². The molecule has 11 heteroatoms. The molecule has 2 rings (SSSR count). The lowest BCUT2D eigenvalue weighted by atomic mass is 9.99. The number of hydrogen-bond donors (Lipinski definition) is 3. The van der Waals surface area contributed by atoms with Gasteiger partial charge in [0.25, 0.3) is 0 Å². The SMILES string of the molecule is CCOC(=O)/C=C/c1ccc(NC(=O)[C@]2(N)CCN(C)C2)cc1.O=C(O)C(F)(F)F. The number of hydrogen-bond acceptors (Lipinski definition) is 6. The maximum absolute atomic E-state index is 12.3. The molecule has 1 heterocycles. The Morgan fingerprint density at radius 2 is 1.87 bits per heavy atom. The van der Waals surface area contributed by atoms with Crippen LogP contribution >= 0.6 is 0 Å². The summed E-state index contributed by atoms with van der Waals surface area (Å²) in [5.74, 6) is -3.30. The third-order valence-electron chi connectivity index (χ3n) is 4.05. The molecule has 1 atom stereocenters. The van der Waals surface area contributed by atoms with Crippen molar-refractivity contribution < 1.29 is 37.4 Å². The molecule has 0 aromatic heterocycles. The van der Waals surface area contributed by atoms with Crippen LogP contribution in [-0.2, 0) is 19.1 Å². The van der Waals surface area contributed by atoms with Crippen molar-refractivity contribution in [1.82, 2.24) is 4.90 Å². The highest BCUT2D eigenvalue weighted by molar-refractivity contribution is 5.98. The summed E-state index contributed by atoms with van der Waals surface area (Å²) in [7, 11) is 1.95. The summed E-state index contributed by atoms with van der Waals surface area (Å²) in [5.41, 5.74) is 6.86. The van der Waals surface area contributed by atoms with E-state index in [1.54, 1.807) is 25.1 Å². The Bertz CT molecular complexity index is 781. The summed E-state index contributed by atoms with van der Waals surface area (Å²) >= 11 is 0. The van der Waals surface area contributed by atoms with E-state index in [2.05, 4.69) is 5.32 Å². The highest BCUT2D eigenvalue weighted by atomic mass is 19.4. The fourth-order valence-electron chi connectivity index (χ4n) is 2.50. The third kappa shape index (κ3) is 8.21. The molecule has 1 aromatic carbocycles. The number of carbonyl (C=O) groups is 3. The molecule has 1 aliphatic heterocycles. The van der Waals surface area contributed by atoms with E-state index in [0.29, 0.717) is 25.3 Å². The van der Waals surface area contributed by atoms with Crippen molar-refractivity contribution in [3.63, 3.8) is 0 Å². The van der Waals surface area contributed by atoms with E-state index in [1.807, 2.05) is 24.1 Å². The van der Waals surface area contributed by atoms with Gasteiger partial charge in [-0.2, -0.15) is 13.2 Å². The van der Waals surface area contributed by atoms with E-state index < -0.39 is 17.7 Å². The van der Waals surface area contributed by atoms with E-state index in [-0.39, 0.29) is 11.9 Å². The molecule has 1 amide bonds. The molecule has 0 aliphatic carbocycles. The van der Waals surface area contributed by atoms with Gasteiger partial charge in [0.2, 0.25) is 5.91 Å². The average Bonchev–Trinajstić information content (AvgIpc) is 3.01. The molecule has 1 aliphatic rings. The van der Waals surface area contributed by atoms with E-state index >= 15 is 0 Å². The number of anilines is 1. The van der Waals surface area contributed by atoms with Crippen LogP contribution in [0.2, 0.25) is 0 Å². The Kier molecular flexibility index (Phi) is 8.99. The zero-order chi connectivity index (χ0) is 22.9. The molecule has 166 valence electrons. The molecule has 30 heavy (non-hydrogen) atoms. The quantitative estimate of drug-likeness (QED) is 0.481. The lowest BCUT2D eigenvalue weighted by molar-refractivity contribution is -0.192. The molecule has 1 aromatic rings. The normalized spacial score (nSPS) is 19.1. The van der Waals surface area contributed by atoms with Gasteiger partial charge in [0.15, 0.2) is 0 Å². The minimum atomic E-state index is -5.08. The lowest BCUT2D eigenvalue weighted by Gasteiger charge is -2.22. The molecule has 0 bridgehead atoms. The van der Waals surface area contributed by atoms with Crippen LogP contribution < -0.4 is 11.1 Å². The number of benzene rings is 1. The fourth-order valence-corrected chi connectivity index (χ4v) is 2.50. The number of amides is 1. The number of nitrogens with one attached hydrogen (secondary N) is 1. The number of carboxylic acid groups (broad SMARTS) is 1. The number of likely N-dealkylation sites (tertiary alicyclic amines) is 1. The smallest absolute Gasteiger partial charge is 0.475 e. The van der Waals surface area contributed by atoms with Crippen molar-refractivity contribution in [2.45, 2.75) is 25.1 Å². The van der Waals surface area contributed by atoms with Crippen molar-refractivity contribution >= 4 is 29.6 Å². The van der Waals surface area contributed by atoms with E-state index in [4.69, 9.17) is 20.4 Å². The van der Waals surface area contributed by atoms with Gasteiger partial charge in [-0.15, -0.1) is 0 Å². The molecule has 8 nitrogen and oxygen atoms in total. The van der Waals surface area contributed by atoms with Crippen LogP contribution in [0, 0.1) is 0 Å². The number of nitrogens with two attached hydrogens (primary N) is 1. The van der Waals surface area contributed by atoms with E-state index in [1.165, 1.54) is 6.08 Å². The van der Waals surface area contributed by atoms with Crippen molar-refractivity contribution in [2.75, 3.05) is 32.1 Å². The lowest BCUT2D eigenvalue weighted by Crippen LogP contribution is -2.52. The number of carbonyl (C=O) groups excluding carboxylic acids is 2. The summed E-state index contributed by atoms with van der Waals surface area (Å²) in [6.45, 7) is 3.49. The van der Waals surface area contributed by atoms with E-state index in [0.717, 1.165) is 12.1 Å². The number of esters is 1. The van der Waals surface area contributed by atoms with Crippen LogP contribution in [-0.4, -0.2) is 66.3 Å². The first-order valence-electron chi connectivity index (χ1n) is 8.91. The van der Waals surface area contributed by atoms with Gasteiger partial charge in [0, 0.05) is 24.9 Å². The highest BCUT2D eigenvalue weighted by Gasteiger charge is 2.40. The van der Waals surface area contributed by atoms with Gasteiger partial charge in [-0.25, -0.2) is 9.59 Å². The summed E-state index contributed by atoms with van der Waals surface area (Å²) in [6, 6.07) is 7.19. The first-order chi connectivity index (χ1) is 13.9. The number of ether oxygens (including phenoxy) is 1. The summed E-state index contributed by atoms with van der Waals surface area (Å²) in [5, 5.41) is 9.98. The zero-order valence-electron chi connectivity index (χ0n) is 16.5. The van der Waals surface area contributed by atoms with Crippen LogP contribution in [0.3, 0.4) is 0 Å². The maximum Gasteiger partial charge on any atom is 0.490 e. The zero-order valence-corrected chi connectivity index (χ0v) is 16.5. The second-order valence-electron chi connectivity index (χ2n) is 6.61. The number of halogens is 3. The second kappa shape index (κ2) is 10.7. The van der Waals surface area contributed by atoms with Crippen LogP contribution in [0.15, 0.2) is 30.3 Å². The van der Waals surface area contributed by atoms with Crippen molar-refractivity contribution in [1.29, 1.82) is 0 Å². The number of alkyl halides is 3. The third-order valence-corrected chi connectivity index (χ3v) is 4.05. The maximum atomic E-state index is 12.3. The summed E-state index contributed by atoms with van der Waals surface area (Å²) < 4.78 is 36.6. The fraction of sp³-hybridized carbons (Fsp3) is 0.421. The summed E-state index contributed by atoms with van der Waals surface area (Å²) in [4.78, 5) is 34.5. The Labute approximate surface area is 171 Å². The molecule has 0 unspecified atom stereocenters. The number of aliphatic carboxylic acids is 1. The number of rotatable bonds is 5. The molecule has 1 saturated heterocycles. The molecular formula is C19H24F3N3O5. The van der Waals surface area contributed by atoms with E-state index in [9.17, 15) is 22.8 Å². The Morgan fingerprint density at radius 3 is 2.30 bits per heavy atom. The van der Waals surface area contributed by atoms with Crippen LogP contribution in [0.25, 0.3) is 6.08 Å². The minimum absolute atomic E-state index is 0.170. The van der Waals surface area contributed by atoms with Gasteiger partial charge in [-0.1, -0.05) is 12.1 Å². The highest BCUT2D eigenvalue weighted by Crippen LogP contribution is 2.20. The molecule has 4 N–H and O–H groups in total. The Balaban J connectivity index is 0.000000553. The van der Waals surface area contributed by atoms with Gasteiger partial charge in [0.1, 0.15) is 5.54 Å². The molecule has 0 saturated carbocycles. The Morgan fingerprint density at radius 1 is 1.30 bits per heavy atom. The first kappa shape index (κ1) is 25.1. The predicted octanol–water partition coefficient (Wildman–Crippen LogP) is 1.87. The van der Waals surface area contributed by atoms with Gasteiger partial charge in [-0.3, -0.25) is 4.79 Å². The second-order valence-corrected chi connectivity index (χ2v) is 6.61. The van der Waals surface area contributed by atoms with Gasteiger partial charge < -0.3 is 25.8 Å². The minimum Gasteiger partial charge on any atom is -0.475 e. The summed E-state index contributed by atoms with van der Waals surface area (Å²) in [6.07, 6.45) is -1.39. The molecule has 0 radical (unpaired) electrons. The largest absolute Gasteiger partial charge is 0.490 e. The monoisotopic (exact) mass is 431 g/mol. The van der Waals surface area contributed by atoms with Crippen LogP contribution in [0.5, 0.6) is 0 Å². The van der Waals surface area contributed by atoms with Crippen molar-refractivity contribution in [2.24, 2.45) is 5.73 Å². The van der Waals surface area contributed by atoms with Gasteiger partial charge >= 0.3 is 18.1 Å². The standard InChI is InChI=1S/C17H23N3O3.C2HF3O2/c1-3-23-15(21)9-6-13-4-7-14(8-5-13)19-16(22)17(18)10-11-20(2)12-17;3-2(4,5)1(6)7/h4-9H,3,10-12,18H2,1-2H3,(H,19,22);(H,6,7)/b9-6+;/t17-;/m0./s1. The topological polar surface area (TPSA) is 122 Å². The van der Waals surface area contributed by atoms with Crippen LogP contribution in [0.1, 0.15) is 18.9 Å². The number of nitrogens with zero attached hydrogens (tertiary/aromatic N) is 1. The first-order valence-corrected chi connectivity index (χ1v) is 8.91. The number of likely N-dealkylation sites (N-methyl/N-ethyl adjacent to an activating group) is 1. The Hall–Kier alpha value is -2.92. The number of carboxylic acids is 1. The molecular weight excluding hydrogens is 407 g/mol. The predicted molar refractivity (Wildman–Crippen MR) is 103 cm³/mol. The van der Waals surface area contributed by atoms with Gasteiger partial charge in [-0.05, 0) is 44.2 Å². The van der Waals surface area contributed by atoms with Gasteiger partial charge in [0.05, 0.1) is 6.61 Å². The van der Waals surface area contributed by atoms with Crippen molar-refractivity contribution in [3.8, 4) is 0 Å².